The first-order valence-electron chi connectivity index (χ1n) is 5.29. The molecule has 1 aromatic heterocycles. The number of halogens is 2. The predicted octanol–water partition coefficient (Wildman–Crippen LogP) is 4.32. The maximum Gasteiger partial charge on any atom is 0.160 e. The summed E-state index contributed by atoms with van der Waals surface area (Å²) in [6.07, 6.45) is 0. The van der Waals surface area contributed by atoms with Gasteiger partial charge in [-0.15, -0.1) is 0 Å². The maximum absolute atomic E-state index is 5.39. The van der Waals surface area contributed by atoms with Gasteiger partial charge in [0.05, 0.1) is 22.6 Å². The molecule has 0 atom stereocenters. The van der Waals surface area contributed by atoms with E-state index in [2.05, 4.69) is 41.8 Å². The van der Waals surface area contributed by atoms with Crippen LogP contribution in [0, 0.1) is 0 Å². The Kier molecular flexibility index (Phi) is 2.95. The number of hydrogen-bond acceptors (Lipinski definition) is 3. The van der Waals surface area contributed by atoms with Crippen LogP contribution in [0.2, 0.25) is 0 Å². The van der Waals surface area contributed by atoms with Crippen LogP contribution in [-0.4, -0.2) is 17.1 Å². The van der Waals surface area contributed by atoms with Crippen LogP contribution < -0.4 is 4.74 Å². The van der Waals surface area contributed by atoms with Crippen LogP contribution in [0.1, 0.15) is 0 Å². The minimum absolute atomic E-state index is 0.700. The Morgan fingerprint density at radius 3 is 2.17 bits per heavy atom. The van der Waals surface area contributed by atoms with Crippen molar-refractivity contribution in [3.63, 3.8) is 0 Å². The van der Waals surface area contributed by atoms with Gasteiger partial charge in [-0.3, -0.25) is 0 Å². The van der Waals surface area contributed by atoms with E-state index in [0.717, 1.165) is 31.0 Å². The summed E-state index contributed by atoms with van der Waals surface area (Å²) in [5.74, 6) is 0.700. The zero-order valence-electron chi connectivity index (χ0n) is 9.45. The number of aromatic nitrogens is 2. The van der Waals surface area contributed by atoms with E-state index >= 15 is 0 Å². The molecule has 0 bridgehead atoms. The molecule has 3 rings (SSSR count). The maximum atomic E-state index is 5.39. The number of rotatable bonds is 1. The summed E-state index contributed by atoms with van der Waals surface area (Å²) in [6, 6.07) is 9.71. The van der Waals surface area contributed by atoms with Gasteiger partial charge in [-0.1, -0.05) is 12.1 Å². The minimum Gasteiger partial charge on any atom is -0.493 e. The van der Waals surface area contributed by atoms with Crippen LogP contribution in [-0.2, 0) is 0 Å². The second-order valence-corrected chi connectivity index (χ2v) is 5.49. The summed E-state index contributed by atoms with van der Waals surface area (Å²) in [5, 5.41) is 0. The smallest absolute Gasteiger partial charge is 0.160 e. The average molecular weight is 368 g/mol. The zero-order valence-corrected chi connectivity index (χ0v) is 12.6. The highest BCUT2D eigenvalue weighted by Crippen LogP contribution is 2.37. The summed E-state index contributed by atoms with van der Waals surface area (Å²) >= 11 is 6.98. The lowest BCUT2D eigenvalue weighted by atomic mass is 10.2. The Morgan fingerprint density at radius 2 is 1.56 bits per heavy atom. The molecule has 1 heterocycles. The number of methoxy groups -OCH3 is 1. The van der Waals surface area contributed by atoms with Gasteiger partial charge in [0.2, 0.25) is 0 Å². The second kappa shape index (κ2) is 4.48. The molecule has 18 heavy (non-hydrogen) atoms. The Balaban J connectivity index is 2.52. The van der Waals surface area contributed by atoms with Crippen molar-refractivity contribution >= 4 is 53.9 Å². The second-order valence-electron chi connectivity index (χ2n) is 3.78. The van der Waals surface area contributed by atoms with Gasteiger partial charge in [-0.05, 0) is 50.1 Å². The molecular formula is C13H8Br2N2O. The molecule has 0 fully saturated rings. The van der Waals surface area contributed by atoms with Crippen molar-refractivity contribution in [2.24, 2.45) is 0 Å². The molecule has 90 valence electrons. The third-order valence-corrected chi connectivity index (χ3v) is 3.88. The van der Waals surface area contributed by atoms with Gasteiger partial charge in [0.1, 0.15) is 11.0 Å². The van der Waals surface area contributed by atoms with Crippen LogP contribution in [0.15, 0.2) is 39.3 Å². The van der Waals surface area contributed by atoms with Crippen LogP contribution in [0.25, 0.3) is 22.1 Å². The Bertz CT molecular complexity index is 759. The third-order valence-electron chi connectivity index (χ3n) is 2.69. The molecule has 3 aromatic rings. The summed E-state index contributed by atoms with van der Waals surface area (Å²) in [4.78, 5) is 9.24. The van der Waals surface area contributed by atoms with Crippen LogP contribution >= 0.6 is 31.9 Å². The monoisotopic (exact) mass is 366 g/mol. The van der Waals surface area contributed by atoms with E-state index in [1.54, 1.807) is 7.11 Å². The standard InChI is InChI=1S/C13H8Br2N2O/c1-18-13-8(15)6-7(14)11-12(13)17-10-5-3-2-4-9(10)16-11/h2-6H,1H3. The summed E-state index contributed by atoms with van der Waals surface area (Å²) in [5.41, 5.74) is 3.27. The minimum atomic E-state index is 0.700. The molecule has 0 aliphatic carbocycles. The summed E-state index contributed by atoms with van der Waals surface area (Å²) in [7, 11) is 1.63. The Morgan fingerprint density at radius 1 is 0.944 bits per heavy atom. The van der Waals surface area contributed by atoms with E-state index in [9.17, 15) is 0 Å². The first kappa shape index (κ1) is 11.9. The van der Waals surface area contributed by atoms with Gasteiger partial charge in [0.15, 0.2) is 5.75 Å². The van der Waals surface area contributed by atoms with Gasteiger partial charge in [-0.2, -0.15) is 0 Å². The fourth-order valence-electron chi connectivity index (χ4n) is 1.88. The van der Waals surface area contributed by atoms with E-state index in [0.29, 0.717) is 5.75 Å². The SMILES string of the molecule is COc1c(Br)cc(Br)c2nc3ccccc3nc12. The van der Waals surface area contributed by atoms with Crippen LogP contribution in [0.5, 0.6) is 5.75 Å². The van der Waals surface area contributed by atoms with Crippen molar-refractivity contribution < 1.29 is 4.74 Å². The number of fused-ring (bicyclic) bond motifs is 2. The van der Waals surface area contributed by atoms with E-state index in [4.69, 9.17) is 4.74 Å². The van der Waals surface area contributed by atoms with E-state index < -0.39 is 0 Å². The van der Waals surface area contributed by atoms with Gasteiger partial charge < -0.3 is 4.74 Å². The van der Waals surface area contributed by atoms with Gasteiger partial charge in [0.25, 0.3) is 0 Å². The number of nitrogens with zero attached hydrogens (tertiary/aromatic N) is 2. The van der Waals surface area contributed by atoms with Crippen LogP contribution in [0.4, 0.5) is 0 Å². The first-order valence-corrected chi connectivity index (χ1v) is 6.88. The van der Waals surface area contributed by atoms with Crippen molar-refractivity contribution in [2.75, 3.05) is 7.11 Å². The molecule has 0 N–H and O–H groups in total. The molecule has 3 nitrogen and oxygen atoms in total. The fourth-order valence-corrected chi connectivity index (χ4v) is 3.27. The normalized spacial score (nSPS) is 11.1. The van der Waals surface area contributed by atoms with Gasteiger partial charge in [-0.25, -0.2) is 9.97 Å². The predicted molar refractivity (Wildman–Crippen MR) is 79.0 cm³/mol. The van der Waals surface area contributed by atoms with E-state index in [-0.39, 0.29) is 0 Å². The highest BCUT2D eigenvalue weighted by atomic mass is 79.9. The molecule has 0 amide bonds. The molecular weight excluding hydrogens is 360 g/mol. The average Bonchev–Trinajstić information content (AvgIpc) is 2.37. The highest BCUT2D eigenvalue weighted by Gasteiger charge is 2.13. The first-order chi connectivity index (χ1) is 8.70. The Labute approximate surface area is 120 Å². The molecule has 0 unspecified atom stereocenters. The quantitative estimate of drug-likeness (QED) is 0.601. The number of para-hydroxylation sites is 2. The molecule has 2 aromatic carbocycles. The van der Waals surface area contributed by atoms with E-state index in [1.165, 1.54) is 0 Å². The number of hydrogen-bond donors (Lipinski definition) is 0. The highest BCUT2D eigenvalue weighted by molar-refractivity contribution is 9.11. The van der Waals surface area contributed by atoms with Crippen molar-refractivity contribution in [3.05, 3.63) is 39.3 Å². The lowest BCUT2D eigenvalue weighted by Crippen LogP contribution is -1.93. The van der Waals surface area contributed by atoms with Crippen molar-refractivity contribution in [2.45, 2.75) is 0 Å². The fraction of sp³-hybridized carbons (Fsp3) is 0.0769. The molecule has 0 radical (unpaired) electrons. The molecule has 0 aliphatic heterocycles. The molecule has 0 aliphatic rings. The van der Waals surface area contributed by atoms with Gasteiger partial charge >= 0.3 is 0 Å². The number of ether oxygens (including phenoxy) is 1. The summed E-state index contributed by atoms with van der Waals surface area (Å²) in [6.45, 7) is 0. The lowest BCUT2D eigenvalue weighted by Gasteiger charge is -2.09. The topological polar surface area (TPSA) is 35.0 Å². The zero-order chi connectivity index (χ0) is 12.7. The largest absolute Gasteiger partial charge is 0.493 e. The van der Waals surface area contributed by atoms with Crippen LogP contribution in [0.3, 0.4) is 0 Å². The van der Waals surface area contributed by atoms with E-state index in [1.807, 2.05) is 30.3 Å². The lowest BCUT2D eigenvalue weighted by molar-refractivity contribution is 0.416. The molecule has 0 spiro atoms. The Hall–Kier alpha value is -1.20. The molecule has 0 saturated carbocycles. The van der Waals surface area contributed by atoms with Gasteiger partial charge in [0, 0.05) is 4.47 Å². The molecule has 5 heteroatoms. The molecule has 0 saturated heterocycles. The van der Waals surface area contributed by atoms with Crippen molar-refractivity contribution in [1.29, 1.82) is 0 Å². The summed E-state index contributed by atoms with van der Waals surface area (Å²) < 4.78 is 7.14. The van der Waals surface area contributed by atoms with Crippen molar-refractivity contribution in [1.82, 2.24) is 9.97 Å². The number of benzene rings is 2. The van der Waals surface area contributed by atoms with Crippen molar-refractivity contribution in [3.8, 4) is 5.75 Å². The third kappa shape index (κ3) is 1.78.